The molecule has 13 heteroatoms. The van der Waals surface area contributed by atoms with Gasteiger partial charge in [-0.25, -0.2) is 0 Å². The minimum atomic E-state index is -6.57. The van der Waals surface area contributed by atoms with Gasteiger partial charge in [-0.05, 0) is 54.3 Å². The van der Waals surface area contributed by atoms with Crippen molar-refractivity contribution < 1.29 is 53.7 Å². The molecule has 42 heavy (non-hydrogen) atoms. The Morgan fingerprint density at radius 1 is 0.714 bits per heavy atom. The molecule has 0 saturated carbocycles. The molecule has 3 aromatic rings. The summed E-state index contributed by atoms with van der Waals surface area (Å²) in [4.78, 5) is 0.953. The van der Waals surface area contributed by atoms with Crippen LogP contribution in [0.5, 0.6) is 11.5 Å². The van der Waals surface area contributed by atoms with E-state index in [2.05, 4.69) is 0 Å². The zero-order chi connectivity index (χ0) is 31.7. The highest BCUT2D eigenvalue weighted by Gasteiger charge is 2.73. The molecule has 230 valence electrons. The van der Waals surface area contributed by atoms with Crippen LogP contribution in [0.4, 0.5) is 49.6 Å². The fraction of sp³-hybridized carbons (Fsp3) is 0.379. The van der Waals surface area contributed by atoms with Crippen LogP contribution in [0.15, 0.2) is 72.8 Å². The quantitative estimate of drug-likeness (QED) is 0.232. The van der Waals surface area contributed by atoms with E-state index in [0.717, 1.165) is 22.6 Å². The molecule has 0 fully saturated rings. The number of hydrogen-bond acceptors (Lipinski definition) is 3. The Kier molecular flexibility index (Phi) is 9.45. The van der Waals surface area contributed by atoms with Crippen LogP contribution in [0.2, 0.25) is 0 Å². The average Bonchev–Trinajstić information content (AvgIpc) is 2.90. The number of nitrogens with zero attached hydrogens (tertiary/aromatic N) is 1. The summed E-state index contributed by atoms with van der Waals surface area (Å²) in [5.74, 6) is -11.4. The molecule has 0 aliphatic heterocycles. The number of hydrogen-bond donors (Lipinski definition) is 1. The number of alkyl halides is 10. The molecule has 0 spiro atoms. The van der Waals surface area contributed by atoms with Crippen LogP contribution in [-0.4, -0.2) is 36.0 Å². The molecule has 2 atom stereocenters. The Bertz CT molecular complexity index is 1350. The number of benzene rings is 3. The third kappa shape index (κ3) is 7.11. The minimum absolute atomic E-state index is 0.0149. The minimum Gasteiger partial charge on any atom is -0.457 e. The number of ether oxygens (including phenoxy) is 1. The first kappa shape index (κ1) is 33.0. The maximum atomic E-state index is 14.4. The van der Waals surface area contributed by atoms with Gasteiger partial charge in [-0.3, -0.25) is 0 Å². The van der Waals surface area contributed by atoms with E-state index < -0.39 is 48.5 Å². The Morgan fingerprint density at radius 2 is 1.26 bits per heavy atom. The summed E-state index contributed by atoms with van der Waals surface area (Å²) in [6.07, 6.45) is -14.6. The van der Waals surface area contributed by atoms with Gasteiger partial charge in [0.15, 0.2) is 6.10 Å². The Balaban J connectivity index is 2.03. The van der Waals surface area contributed by atoms with Gasteiger partial charge >= 0.3 is 24.2 Å². The van der Waals surface area contributed by atoms with Crippen molar-refractivity contribution >= 4 is 5.69 Å². The van der Waals surface area contributed by atoms with Gasteiger partial charge in [0.2, 0.25) is 0 Å². The standard InChI is InChI=1S/C29H27F10NO2/c1-17(2)19-7-5-11-23(14-19)42-24-12-6-10-22(15-24)40(16-25(41)27(32,33)34)18(3)20-8-4-9-21(13-20)26(30,31)28(35,36)29(37,38)39/h4-15,17-18,25,41H,16H2,1-3H3. The fourth-order valence-electron chi connectivity index (χ4n) is 4.11. The van der Waals surface area contributed by atoms with Crippen LogP contribution < -0.4 is 9.64 Å². The molecule has 0 aromatic heterocycles. The molecule has 0 radical (unpaired) electrons. The van der Waals surface area contributed by atoms with Crippen LogP contribution in [0.3, 0.4) is 0 Å². The van der Waals surface area contributed by atoms with Crippen LogP contribution in [0.1, 0.15) is 49.4 Å². The zero-order valence-electron chi connectivity index (χ0n) is 22.4. The number of aliphatic hydroxyl groups excluding tert-OH is 1. The summed E-state index contributed by atoms with van der Waals surface area (Å²) < 4.78 is 140. The molecular formula is C29H27F10NO2. The molecule has 2 unspecified atom stereocenters. The van der Waals surface area contributed by atoms with E-state index in [-0.39, 0.29) is 22.9 Å². The van der Waals surface area contributed by atoms with Gasteiger partial charge in [-0.1, -0.05) is 50.2 Å². The molecule has 0 heterocycles. The Morgan fingerprint density at radius 3 is 1.83 bits per heavy atom. The maximum absolute atomic E-state index is 14.4. The lowest BCUT2D eigenvalue weighted by molar-refractivity contribution is -0.359. The second kappa shape index (κ2) is 12.0. The normalized spacial score (nSPS) is 14.5. The predicted octanol–water partition coefficient (Wildman–Crippen LogP) is 9.38. The van der Waals surface area contributed by atoms with Crippen molar-refractivity contribution in [1.82, 2.24) is 0 Å². The third-order valence-corrected chi connectivity index (χ3v) is 6.61. The van der Waals surface area contributed by atoms with Crippen molar-refractivity contribution in [3.63, 3.8) is 0 Å². The van der Waals surface area contributed by atoms with Crippen LogP contribution >= 0.6 is 0 Å². The van der Waals surface area contributed by atoms with Crippen LogP contribution in [-0.2, 0) is 5.92 Å². The van der Waals surface area contributed by atoms with Crippen molar-refractivity contribution in [2.45, 2.75) is 63.0 Å². The van der Waals surface area contributed by atoms with Crippen LogP contribution in [0, 0.1) is 0 Å². The van der Waals surface area contributed by atoms with E-state index in [1.165, 1.54) is 31.2 Å². The average molecular weight is 612 g/mol. The van der Waals surface area contributed by atoms with E-state index in [1.807, 2.05) is 19.9 Å². The van der Waals surface area contributed by atoms with Crippen molar-refractivity contribution in [2.24, 2.45) is 0 Å². The fourth-order valence-corrected chi connectivity index (χ4v) is 4.11. The van der Waals surface area contributed by atoms with Crippen LogP contribution in [0.25, 0.3) is 0 Å². The smallest absolute Gasteiger partial charge is 0.457 e. The summed E-state index contributed by atoms with van der Waals surface area (Å²) in [6, 6.07) is 13.9. The number of anilines is 1. The van der Waals surface area contributed by atoms with E-state index >= 15 is 0 Å². The first-order valence-corrected chi connectivity index (χ1v) is 12.6. The highest BCUT2D eigenvalue weighted by atomic mass is 19.4. The SMILES string of the molecule is CC(C)c1cccc(Oc2cccc(N(CC(O)C(F)(F)F)C(C)c3cccc(C(F)(F)C(F)(F)C(F)(F)F)c3)c2)c1. The largest absolute Gasteiger partial charge is 0.460 e. The van der Waals surface area contributed by atoms with E-state index in [1.54, 1.807) is 18.2 Å². The van der Waals surface area contributed by atoms with E-state index in [4.69, 9.17) is 4.74 Å². The summed E-state index contributed by atoms with van der Waals surface area (Å²) in [5, 5.41) is 9.84. The summed E-state index contributed by atoms with van der Waals surface area (Å²) in [6.45, 7) is 4.01. The van der Waals surface area contributed by atoms with Crippen molar-refractivity contribution in [3.8, 4) is 11.5 Å². The molecule has 1 N–H and O–H groups in total. The van der Waals surface area contributed by atoms with Gasteiger partial charge in [-0.15, -0.1) is 0 Å². The zero-order valence-corrected chi connectivity index (χ0v) is 22.4. The van der Waals surface area contributed by atoms with Crippen molar-refractivity contribution in [3.05, 3.63) is 89.5 Å². The Hall–Kier alpha value is -3.48. The molecular weight excluding hydrogens is 584 g/mol. The molecule has 3 nitrogen and oxygen atoms in total. The van der Waals surface area contributed by atoms with Gasteiger partial charge in [0, 0.05) is 17.3 Å². The van der Waals surface area contributed by atoms with Gasteiger partial charge in [-0.2, -0.15) is 43.9 Å². The second-order valence-electron chi connectivity index (χ2n) is 9.98. The van der Waals surface area contributed by atoms with Crippen molar-refractivity contribution in [2.75, 3.05) is 11.4 Å². The number of aliphatic hydroxyl groups is 1. The highest BCUT2D eigenvalue weighted by Crippen LogP contribution is 2.52. The lowest BCUT2D eigenvalue weighted by Crippen LogP contribution is -2.50. The lowest BCUT2D eigenvalue weighted by atomic mass is 9.96. The maximum Gasteiger partial charge on any atom is 0.460 e. The number of halogens is 10. The van der Waals surface area contributed by atoms with E-state index in [9.17, 15) is 49.0 Å². The number of rotatable bonds is 10. The van der Waals surface area contributed by atoms with E-state index in [0.29, 0.717) is 17.9 Å². The lowest BCUT2D eigenvalue weighted by Gasteiger charge is -2.35. The molecule has 0 aliphatic rings. The summed E-state index contributed by atoms with van der Waals surface area (Å²) >= 11 is 0. The highest BCUT2D eigenvalue weighted by molar-refractivity contribution is 5.54. The molecule has 0 saturated heterocycles. The summed E-state index contributed by atoms with van der Waals surface area (Å²) in [5.41, 5.74) is -1.04. The van der Waals surface area contributed by atoms with Gasteiger partial charge in [0.05, 0.1) is 12.6 Å². The van der Waals surface area contributed by atoms with Gasteiger partial charge < -0.3 is 14.7 Å². The second-order valence-corrected chi connectivity index (χ2v) is 9.98. The molecule has 3 aromatic carbocycles. The summed E-state index contributed by atoms with van der Waals surface area (Å²) in [7, 11) is 0. The Labute approximate surface area is 235 Å². The molecule has 3 rings (SSSR count). The molecule has 0 aliphatic carbocycles. The monoisotopic (exact) mass is 611 g/mol. The first-order chi connectivity index (χ1) is 19.3. The topological polar surface area (TPSA) is 32.7 Å². The predicted molar refractivity (Wildman–Crippen MR) is 136 cm³/mol. The van der Waals surface area contributed by atoms with Crippen molar-refractivity contribution in [1.29, 1.82) is 0 Å². The molecule has 0 amide bonds. The van der Waals surface area contributed by atoms with Gasteiger partial charge in [0.25, 0.3) is 0 Å². The van der Waals surface area contributed by atoms with Gasteiger partial charge in [0.1, 0.15) is 11.5 Å². The molecule has 0 bridgehead atoms. The third-order valence-electron chi connectivity index (χ3n) is 6.61. The first-order valence-electron chi connectivity index (χ1n) is 12.6.